The number of hydrogen-bond acceptors (Lipinski definition) is 2. The Bertz CT molecular complexity index is 380. The van der Waals surface area contributed by atoms with Crippen molar-refractivity contribution in [1.29, 1.82) is 0 Å². The molecule has 14 heavy (non-hydrogen) atoms. The molecule has 0 unspecified atom stereocenters. The van der Waals surface area contributed by atoms with Crippen molar-refractivity contribution in [3.8, 4) is 5.75 Å². The van der Waals surface area contributed by atoms with Crippen LogP contribution in [0.5, 0.6) is 5.75 Å². The van der Waals surface area contributed by atoms with E-state index in [-0.39, 0.29) is 5.92 Å². The Morgan fingerprint density at radius 2 is 2.07 bits per heavy atom. The SMILES string of the molecule is Oc1c(F)c(F)cc(Br)c1C1CNC1. The van der Waals surface area contributed by atoms with Gasteiger partial charge in [-0.3, -0.25) is 0 Å². The molecule has 0 bridgehead atoms. The summed E-state index contributed by atoms with van der Waals surface area (Å²) in [7, 11) is 0. The van der Waals surface area contributed by atoms with E-state index in [0.29, 0.717) is 23.1 Å². The van der Waals surface area contributed by atoms with Gasteiger partial charge in [0.25, 0.3) is 0 Å². The van der Waals surface area contributed by atoms with Gasteiger partial charge in [0.1, 0.15) is 0 Å². The van der Waals surface area contributed by atoms with E-state index in [9.17, 15) is 13.9 Å². The van der Waals surface area contributed by atoms with Gasteiger partial charge in [-0.15, -0.1) is 0 Å². The molecule has 76 valence electrons. The second kappa shape index (κ2) is 3.47. The third-order valence-electron chi connectivity index (χ3n) is 2.37. The van der Waals surface area contributed by atoms with Crippen molar-refractivity contribution in [2.75, 3.05) is 13.1 Å². The first-order chi connectivity index (χ1) is 6.61. The van der Waals surface area contributed by atoms with Crippen LogP contribution in [0.3, 0.4) is 0 Å². The third-order valence-corrected chi connectivity index (χ3v) is 3.03. The van der Waals surface area contributed by atoms with Crippen molar-refractivity contribution in [2.24, 2.45) is 0 Å². The number of phenols is 1. The van der Waals surface area contributed by atoms with Crippen LogP contribution in [0.2, 0.25) is 0 Å². The Morgan fingerprint density at radius 1 is 1.43 bits per heavy atom. The van der Waals surface area contributed by atoms with Crippen LogP contribution in [-0.4, -0.2) is 18.2 Å². The van der Waals surface area contributed by atoms with Crippen molar-refractivity contribution in [3.63, 3.8) is 0 Å². The number of phenolic OH excluding ortho intramolecular Hbond substituents is 1. The van der Waals surface area contributed by atoms with Crippen LogP contribution in [0.4, 0.5) is 8.78 Å². The largest absolute Gasteiger partial charge is 0.505 e. The van der Waals surface area contributed by atoms with Gasteiger partial charge in [-0.25, -0.2) is 4.39 Å². The fourth-order valence-electron chi connectivity index (χ4n) is 1.48. The maximum absolute atomic E-state index is 13.0. The zero-order valence-electron chi connectivity index (χ0n) is 7.15. The molecule has 1 aliphatic heterocycles. The molecule has 1 aromatic rings. The molecular formula is C9H8BrF2NO. The van der Waals surface area contributed by atoms with Crippen molar-refractivity contribution >= 4 is 15.9 Å². The minimum absolute atomic E-state index is 0.0551. The number of hydrogen-bond donors (Lipinski definition) is 2. The molecule has 1 aromatic carbocycles. The van der Waals surface area contributed by atoms with Crippen LogP contribution in [0.1, 0.15) is 11.5 Å². The Kier molecular flexibility index (Phi) is 2.45. The van der Waals surface area contributed by atoms with Crippen molar-refractivity contribution in [1.82, 2.24) is 5.32 Å². The maximum Gasteiger partial charge on any atom is 0.200 e. The van der Waals surface area contributed by atoms with Crippen LogP contribution in [0, 0.1) is 11.6 Å². The minimum Gasteiger partial charge on any atom is -0.505 e. The summed E-state index contributed by atoms with van der Waals surface area (Å²) in [4.78, 5) is 0. The number of halogens is 3. The normalized spacial score (nSPS) is 16.8. The van der Waals surface area contributed by atoms with Gasteiger partial charge in [-0.2, -0.15) is 4.39 Å². The first-order valence-electron chi connectivity index (χ1n) is 4.18. The Hall–Kier alpha value is -0.680. The Morgan fingerprint density at radius 3 is 2.57 bits per heavy atom. The Labute approximate surface area is 88.1 Å². The molecule has 0 spiro atoms. The zero-order valence-corrected chi connectivity index (χ0v) is 8.74. The summed E-state index contributed by atoms with van der Waals surface area (Å²) in [6.07, 6.45) is 0. The van der Waals surface area contributed by atoms with E-state index in [0.717, 1.165) is 6.07 Å². The summed E-state index contributed by atoms with van der Waals surface area (Å²) in [6.45, 7) is 1.36. The number of nitrogens with one attached hydrogen (secondary N) is 1. The van der Waals surface area contributed by atoms with Gasteiger partial charge >= 0.3 is 0 Å². The van der Waals surface area contributed by atoms with Gasteiger partial charge in [0.2, 0.25) is 5.82 Å². The summed E-state index contributed by atoms with van der Waals surface area (Å²) >= 11 is 3.11. The van der Waals surface area contributed by atoms with Crippen LogP contribution < -0.4 is 5.32 Å². The highest BCUT2D eigenvalue weighted by Crippen LogP contribution is 2.37. The van der Waals surface area contributed by atoms with Crippen LogP contribution >= 0.6 is 15.9 Å². The van der Waals surface area contributed by atoms with E-state index in [2.05, 4.69) is 21.2 Å². The summed E-state index contributed by atoms with van der Waals surface area (Å²) in [5.74, 6) is -2.73. The molecule has 0 saturated carbocycles. The van der Waals surface area contributed by atoms with Crippen LogP contribution in [0.25, 0.3) is 0 Å². The highest BCUT2D eigenvalue weighted by Gasteiger charge is 2.27. The maximum atomic E-state index is 13.0. The minimum atomic E-state index is -1.17. The van der Waals surface area contributed by atoms with Gasteiger partial charge in [-0.1, -0.05) is 15.9 Å². The lowest BCUT2D eigenvalue weighted by Gasteiger charge is -2.29. The molecule has 0 atom stereocenters. The standard InChI is InChI=1S/C9H8BrF2NO/c10-5-1-6(11)8(12)9(14)7(5)4-2-13-3-4/h1,4,13-14H,2-3H2. The molecule has 0 radical (unpaired) electrons. The molecule has 1 aliphatic rings. The summed E-state index contributed by atoms with van der Waals surface area (Å²) in [5, 5.41) is 12.4. The zero-order chi connectivity index (χ0) is 10.3. The van der Waals surface area contributed by atoms with Gasteiger partial charge in [0.05, 0.1) is 0 Å². The Balaban J connectivity index is 2.52. The molecule has 0 aromatic heterocycles. The predicted octanol–water partition coefficient (Wildman–Crippen LogP) is 2.12. The number of benzene rings is 1. The first kappa shape index (κ1) is 9.86. The van der Waals surface area contributed by atoms with Gasteiger partial charge in [0, 0.05) is 29.0 Å². The van der Waals surface area contributed by atoms with E-state index in [1.807, 2.05) is 0 Å². The summed E-state index contributed by atoms with van der Waals surface area (Å²) in [5.41, 5.74) is 0.447. The number of rotatable bonds is 1. The number of aromatic hydroxyl groups is 1. The lowest BCUT2D eigenvalue weighted by molar-refractivity contribution is 0.376. The average molecular weight is 264 g/mol. The molecule has 1 saturated heterocycles. The lowest BCUT2D eigenvalue weighted by Crippen LogP contribution is -2.40. The molecule has 0 aliphatic carbocycles. The van der Waals surface area contributed by atoms with E-state index < -0.39 is 17.4 Å². The monoisotopic (exact) mass is 263 g/mol. The summed E-state index contributed by atoms with van der Waals surface area (Å²) in [6, 6.07) is 1.04. The molecule has 2 nitrogen and oxygen atoms in total. The van der Waals surface area contributed by atoms with Crippen molar-refractivity contribution in [2.45, 2.75) is 5.92 Å². The van der Waals surface area contributed by atoms with Crippen molar-refractivity contribution < 1.29 is 13.9 Å². The molecule has 1 fully saturated rings. The molecule has 5 heteroatoms. The van der Waals surface area contributed by atoms with E-state index >= 15 is 0 Å². The highest BCUT2D eigenvalue weighted by atomic mass is 79.9. The third kappa shape index (κ3) is 1.40. The lowest BCUT2D eigenvalue weighted by atomic mass is 9.93. The second-order valence-electron chi connectivity index (χ2n) is 3.27. The second-order valence-corrected chi connectivity index (χ2v) is 4.13. The van der Waals surface area contributed by atoms with Crippen LogP contribution in [0.15, 0.2) is 10.5 Å². The molecule has 0 amide bonds. The van der Waals surface area contributed by atoms with E-state index in [4.69, 9.17) is 0 Å². The first-order valence-corrected chi connectivity index (χ1v) is 4.97. The fourth-order valence-corrected chi connectivity index (χ4v) is 2.19. The quantitative estimate of drug-likeness (QED) is 0.761. The summed E-state index contributed by atoms with van der Waals surface area (Å²) < 4.78 is 26.3. The van der Waals surface area contributed by atoms with E-state index in [1.165, 1.54) is 0 Å². The smallest absolute Gasteiger partial charge is 0.200 e. The van der Waals surface area contributed by atoms with Gasteiger partial charge in [0.15, 0.2) is 11.6 Å². The fraction of sp³-hybridized carbons (Fsp3) is 0.333. The molecule has 2 rings (SSSR count). The average Bonchev–Trinajstić information content (AvgIpc) is 2.05. The molecular weight excluding hydrogens is 256 g/mol. The molecule has 1 heterocycles. The van der Waals surface area contributed by atoms with Gasteiger partial charge in [-0.05, 0) is 6.07 Å². The molecule has 2 N–H and O–H groups in total. The van der Waals surface area contributed by atoms with Crippen LogP contribution in [-0.2, 0) is 0 Å². The topological polar surface area (TPSA) is 32.3 Å². The highest BCUT2D eigenvalue weighted by molar-refractivity contribution is 9.10. The van der Waals surface area contributed by atoms with E-state index in [1.54, 1.807) is 0 Å². The van der Waals surface area contributed by atoms with Crippen molar-refractivity contribution in [3.05, 3.63) is 27.7 Å². The predicted molar refractivity (Wildman–Crippen MR) is 51.3 cm³/mol. The van der Waals surface area contributed by atoms with Gasteiger partial charge < -0.3 is 10.4 Å².